The van der Waals surface area contributed by atoms with Gasteiger partial charge in [-0.2, -0.15) is 0 Å². The number of carboxylic acid groups (broad SMARTS) is 1. The second-order valence-electron chi connectivity index (χ2n) is 4.29. The van der Waals surface area contributed by atoms with Crippen LogP contribution in [-0.2, 0) is 17.8 Å². The highest BCUT2D eigenvalue weighted by atomic mass is 16.4. The molecule has 5 heteroatoms. The molecule has 3 rings (SSSR count). The van der Waals surface area contributed by atoms with Crippen molar-refractivity contribution in [2.75, 3.05) is 0 Å². The maximum absolute atomic E-state index is 11.0. The fraction of sp³-hybridized carbons (Fsp3) is 0.250. The van der Waals surface area contributed by atoms with Crippen LogP contribution in [-0.4, -0.2) is 27.2 Å². The van der Waals surface area contributed by atoms with Gasteiger partial charge < -0.3 is 15.2 Å². The van der Waals surface area contributed by atoms with E-state index in [0.717, 1.165) is 22.2 Å². The second kappa shape index (κ2) is 3.49. The minimum Gasteiger partial charge on any atom is -0.508 e. The van der Waals surface area contributed by atoms with Crippen molar-refractivity contribution in [2.24, 2.45) is 0 Å². The summed E-state index contributed by atoms with van der Waals surface area (Å²) in [6.45, 7) is 0.516. The number of phenolic OH excluding ortho intramolecular Hbond substituents is 1. The van der Waals surface area contributed by atoms with E-state index in [1.54, 1.807) is 12.1 Å². The van der Waals surface area contributed by atoms with E-state index in [4.69, 9.17) is 5.11 Å². The van der Waals surface area contributed by atoms with E-state index in [1.165, 1.54) is 0 Å². The number of rotatable bonds is 1. The normalized spacial score (nSPS) is 19.2. The fourth-order valence-corrected chi connectivity index (χ4v) is 2.36. The first kappa shape index (κ1) is 10.2. The fourth-order valence-electron chi connectivity index (χ4n) is 2.36. The quantitative estimate of drug-likeness (QED) is 0.590. The van der Waals surface area contributed by atoms with Crippen LogP contribution in [0.1, 0.15) is 11.3 Å². The molecule has 0 unspecified atom stereocenters. The zero-order valence-electron chi connectivity index (χ0n) is 9.03. The molecule has 4 N–H and O–H groups in total. The van der Waals surface area contributed by atoms with E-state index in [2.05, 4.69) is 10.3 Å². The number of carboxylic acids is 1. The summed E-state index contributed by atoms with van der Waals surface area (Å²) in [5, 5.41) is 22.4. The Morgan fingerprint density at radius 3 is 3.00 bits per heavy atom. The molecule has 5 nitrogen and oxygen atoms in total. The number of aromatic nitrogens is 1. The van der Waals surface area contributed by atoms with Crippen LogP contribution in [0.5, 0.6) is 5.75 Å². The molecule has 88 valence electrons. The zero-order valence-corrected chi connectivity index (χ0v) is 9.03. The molecule has 2 heterocycles. The van der Waals surface area contributed by atoms with E-state index in [-0.39, 0.29) is 5.75 Å². The molecule has 0 spiro atoms. The topological polar surface area (TPSA) is 85.3 Å². The SMILES string of the molecule is O=C(O)[C@@H]1Cc2c([nH]c3cc(O)ccc23)CN1. The predicted molar refractivity (Wildman–Crippen MR) is 61.9 cm³/mol. The Morgan fingerprint density at radius 1 is 1.41 bits per heavy atom. The molecule has 1 aliphatic rings. The third-order valence-corrected chi connectivity index (χ3v) is 3.21. The first-order valence-corrected chi connectivity index (χ1v) is 5.44. The van der Waals surface area contributed by atoms with E-state index < -0.39 is 12.0 Å². The Bertz CT molecular complexity index is 603. The maximum atomic E-state index is 11.0. The number of fused-ring (bicyclic) bond motifs is 3. The molecule has 0 radical (unpaired) electrons. The summed E-state index contributed by atoms with van der Waals surface area (Å²) in [5.41, 5.74) is 2.89. The van der Waals surface area contributed by atoms with Gasteiger partial charge in [0.2, 0.25) is 0 Å². The lowest BCUT2D eigenvalue weighted by molar-refractivity contribution is -0.139. The van der Waals surface area contributed by atoms with Gasteiger partial charge in [-0.05, 0) is 17.7 Å². The van der Waals surface area contributed by atoms with Crippen molar-refractivity contribution in [3.8, 4) is 5.75 Å². The average molecular weight is 232 g/mol. The molecule has 2 aromatic rings. The van der Waals surface area contributed by atoms with Crippen molar-refractivity contribution in [3.05, 3.63) is 29.5 Å². The van der Waals surface area contributed by atoms with Crippen LogP contribution in [0.25, 0.3) is 10.9 Å². The van der Waals surface area contributed by atoms with Gasteiger partial charge in [0, 0.05) is 35.6 Å². The highest BCUT2D eigenvalue weighted by molar-refractivity contribution is 5.87. The number of hydrogen-bond acceptors (Lipinski definition) is 3. The van der Waals surface area contributed by atoms with Crippen LogP contribution in [0.2, 0.25) is 0 Å². The smallest absolute Gasteiger partial charge is 0.321 e. The minimum absolute atomic E-state index is 0.207. The van der Waals surface area contributed by atoms with E-state index in [0.29, 0.717) is 13.0 Å². The van der Waals surface area contributed by atoms with Crippen molar-refractivity contribution >= 4 is 16.9 Å². The van der Waals surface area contributed by atoms with Gasteiger partial charge in [0.1, 0.15) is 11.8 Å². The molecule has 0 fully saturated rings. The lowest BCUT2D eigenvalue weighted by atomic mass is 9.99. The van der Waals surface area contributed by atoms with Crippen molar-refractivity contribution in [2.45, 2.75) is 19.0 Å². The van der Waals surface area contributed by atoms with Crippen LogP contribution < -0.4 is 5.32 Å². The standard InChI is InChI=1S/C12H12N2O3/c15-6-1-2-7-8-4-10(12(16)17)13-5-11(8)14-9(7)3-6/h1-3,10,13-15H,4-5H2,(H,16,17)/t10-/m0/s1. The Balaban J connectivity index is 2.12. The zero-order chi connectivity index (χ0) is 12.0. The number of carbonyl (C=O) groups is 1. The highest BCUT2D eigenvalue weighted by Gasteiger charge is 2.26. The van der Waals surface area contributed by atoms with Crippen molar-refractivity contribution < 1.29 is 15.0 Å². The lowest BCUT2D eigenvalue weighted by Gasteiger charge is -2.20. The molecule has 0 aliphatic carbocycles. The number of benzene rings is 1. The predicted octanol–water partition coefficient (Wildman–Crippen LogP) is 0.972. The molecular weight excluding hydrogens is 220 g/mol. The number of phenols is 1. The summed E-state index contributed by atoms with van der Waals surface area (Å²) in [7, 11) is 0. The molecule has 0 amide bonds. The van der Waals surface area contributed by atoms with Crippen molar-refractivity contribution in [3.63, 3.8) is 0 Å². The molecule has 1 aromatic carbocycles. The average Bonchev–Trinajstić information content (AvgIpc) is 2.64. The first-order chi connectivity index (χ1) is 8.15. The number of aromatic hydroxyl groups is 1. The Kier molecular flexibility index (Phi) is 2.09. The largest absolute Gasteiger partial charge is 0.508 e. The van der Waals surface area contributed by atoms with E-state index >= 15 is 0 Å². The van der Waals surface area contributed by atoms with Gasteiger partial charge in [0.25, 0.3) is 0 Å². The van der Waals surface area contributed by atoms with Crippen LogP contribution in [0.3, 0.4) is 0 Å². The van der Waals surface area contributed by atoms with Crippen LogP contribution in [0.15, 0.2) is 18.2 Å². The highest BCUT2D eigenvalue weighted by Crippen LogP contribution is 2.28. The number of H-pyrrole nitrogens is 1. The Hall–Kier alpha value is -2.01. The van der Waals surface area contributed by atoms with Crippen LogP contribution in [0, 0.1) is 0 Å². The van der Waals surface area contributed by atoms with Crippen molar-refractivity contribution in [1.82, 2.24) is 10.3 Å². The molecular formula is C12H12N2O3. The van der Waals surface area contributed by atoms with Gasteiger partial charge in [-0.1, -0.05) is 0 Å². The summed E-state index contributed by atoms with van der Waals surface area (Å²) in [4.78, 5) is 14.2. The minimum atomic E-state index is -0.830. The number of nitrogens with one attached hydrogen (secondary N) is 2. The number of aliphatic carboxylic acids is 1. The molecule has 1 aliphatic heterocycles. The molecule has 0 saturated carbocycles. The molecule has 1 aromatic heterocycles. The lowest BCUT2D eigenvalue weighted by Crippen LogP contribution is -2.41. The summed E-state index contributed by atoms with van der Waals surface area (Å²) < 4.78 is 0. The third kappa shape index (κ3) is 1.55. The maximum Gasteiger partial charge on any atom is 0.321 e. The Morgan fingerprint density at radius 2 is 2.24 bits per heavy atom. The first-order valence-electron chi connectivity index (χ1n) is 5.44. The van der Waals surface area contributed by atoms with Crippen molar-refractivity contribution in [1.29, 1.82) is 0 Å². The van der Waals surface area contributed by atoms with Gasteiger partial charge in [-0.15, -0.1) is 0 Å². The van der Waals surface area contributed by atoms with E-state index in [9.17, 15) is 9.90 Å². The van der Waals surface area contributed by atoms with E-state index in [1.807, 2.05) is 6.07 Å². The molecule has 17 heavy (non-hydrogen) atoms. The summed E-state index contributed by atoms with van der Waals surface area (Å²) in [6, 6.07) is 4.57. The summed E-state index contributed by atoms with van der Waals surface area (Å²) in [5.74, 6) is -0.623. The third-order valence-electron chi connectivity index (χ3n) is 3.21. The van der Waals surface area contributed by atoms with Gasteiger partial charge in [-0.3, -0.25) is 10.1 Å². The van der Waals surface area contributed by atoms with Gasteiger partial charge in [0.15, 0.2) is 0 Å². The summed E-state index contributed by atoms with van der Waals surface area (Å²) in [6.07, 6.45) is 0.468. The second-order valence-corrected chi connectivity index (χ2v) is 4.29. The Labute approximate surface area is 97.1 Å². The number of aromatic amines is 1. The van der Waals surface area contributed by atoms with Crippen LogP contribution >= 0.6 is 0 Å². The van der Waals surface area contributed by atoms with Gasteiger partial charge >= 0.3 is 5.97 Å². The van der Waals surface area contributed by atoms with Crippen LogP contribution in [0.4, 0.5) is 0 Å². The molecule has 0 saturated heterocycles. The van der Waals surface area contributed by atoms with Gasteiger partial charge in [-0.25, -0.2) is 0 Å². The van der Waals surface area contributed by atoms with Gasteiger partial charge in [0.05, 0.1) is 0 Å². The monoisotopic (exact) mass is 232 g/mol. The summed E-state index contributed by atoms with van der Waals surface area (Å²) >= 11 is 0. The molecule has 1 atom stereocenters. The number of hydrogen-bond donors (Lipinski definition) is 4. The molecule has 0 bridgehead atoms.